The van der Waals surface area contributed by atoms with Gasteiger partial charge in [0.2, 0.25) is 0 Å². The molecule has 0 aliphatic heterocycles. The van der Waals surface area contributed by atoms with E-state index in [0.29, 0.717) is 17.8 Å². The molecule has 0 radical (unpaired) electrons. The Bertz CT molecular complexity index is 535. The third-order valence-electron chi connectivity index (χ3n) is 2.86. The smallest absolute Gasteiger partial charge is 0.251 e. The Balaban J connectivity index is 1.93. The number of nitrogens with two attached hydrogens (primary N) is 1. The van der Waals surface area contributed by atoms with Gasteiger partial charge >= 0.3 is 0 Å². The molecule has 0 fully saturated rings. The Labute approximate surface area is 111 Å². The maximum Gasteiger partial charge on any atom is 0.251 e. The molecule has 0 bridgehead atoms. The molecule has 0 saturated heterocycles. The molecule has 0 unspecified atom stereocenters. The lowest BCUT2D eigenvalue weighted by Gasteiger charge is -2.08. The molecule has 0 aliphatic rings. The summed E-state index contributed by atoms with van der Waals surface area (Å²) >= 11 is 1.70. The molecule has 18 heavy (non-hydrogen) atoms. The van der Waals surface area contributed by atoms with E-state index in [1.807, 2.05) is 18.4 Å². The van der Waals surface area contributed by atoms with Crippen LogP contribution in [0, 0.1) is 6.92 Å². The van der Waals surface area contributed by atoms with Gasteiger partial charge in [0.25, 0.3) is 5.91 Å². The molecule has 0 spiro atoms. The van der Waals surface area contributed by atoms with E-state index in [0.717, 1.165) is 12.0 Å². The van der Waals surface area contributed by atoms with Gasteiger partial charge in [0.1, 0.15) is 0 Å². The average Bonchev–Trinajstić information content (AvgIpc) is 2.85. The van der Waals surface area contributed by atoms with Crippen LogP contribution >= 0.6 is 11.3 Å². The van der Waals surface area contributed by atoms with E-state index in [-0.39, 0.29) is 5.91 Å². The number of amides is 1. The standard InChI is InChI=1S/C14H16N2OS/c1-10-12(5-2-6-13(10)15)14(17)16-8-7-11-4-3-9-18-11/h2-6,9H,7-8,15H2,1H3,(H,16,17). The van der Waals surface area contributed by atoms with Crippen molar-refractivity contribution in [1.29, 1.82) is 0 Å². The van der Waals surface area contributed by atoms with Crippen molar-refractivity contribution in [2.24, 2.45) is 0 Å². The third kappa shape index (κ3) is 2.90. The molecule has 1 aromatic carbocycles. The minimum absolute atomic E-state index is 0.0589. The minimum atomic E-state index is -0.0589. The van der Waals surface area contributed by atoms with Gasteiger partial charge in [-0.1, -0.05) is 12.1 Å². The number of hydrogen-bond donors (Lipinski definition) is 2. The highest BCUT2D eigenvalue weighted by Crippen LogP contribution is 2.15. The number of carbonyl (C=O) groups is 1. The molecule has 4 heteroatoms. The molecule has 0 atom stereocenters. The first-order valence-electron chi connectivity index (χ1n) is 5.84. The summed E-state index contributed by atoms with van der Waals surface area (Å²) in [5.41, 5.74) is 7.93. The van der Waals surface area contributed by atoms with Crippen LogP contribution in [0.1, 0.15) is 20.8 Å². The number of nitrogen functional groups attached to an aromatic ring is 1. The van der Waals surface area contributed by atoms with Gasteiger partial charge in [0.05, 0.1) is 0 Å². The topological polar surface area (TPSA) is 55.1 Å². The Morgan fingerprint density at radius 2 is 2.17 bits per heavy atom. The number of hydrogen-bond acceptors (Lipinski definition) is 3. The fourth-order valence-corrected chi connectivity index (χ4v) is 2.46. The Kier molecular flexibility index (Phi) is 3.99. The van der Waals surface area contributed by atoms with Crippen molar-refractivity contribution in [3.05, 3.63) is 51.7 Å². The van der Waals surface area contributed by atoms with E-state index < -0.39 is 0 Å². The number of nitrogens with one attached hydrogen (secondary N) is 1. The summed E-state index contributed by atoms with van der Waals surface area (Å²) in [7, 11) is 0. The molecule has 1 amide bonds. The Hall–Kier alpha value is -1.81. The van der Waals surface area contributed by atoms with Crippen molar-refractivity contribution in [2.45, 2.75) is 13.3 Å². The first-order chi connectivity index (χ1) is 8.68. The zero-order valence-electron chi connectivity index (χ0n) is 10.3. The molecule has 0 aliphatic carbocycles. The van der Waals surface area contributed by atoms with Crippen LogP contribution in [0.3, 0.4) is 0 Å². The van der Waals surface area contributed by atoms with Gasteiger partial charge in [-0.15, -0.1) is 11.3 Å². The van der Waals surface area contributed by atoms with E-state index >= 15 is 0 Å². The monoisotopic (exact) mass is 260 g/mol. The second-order valence-corrected chi connectivity index (χ2v) is 5.14. The van der Waals surface area contributed by atoms with Gasteiger partial charge in [-0.25, -0.2) is 0 Å². The van der Waals surface area contributed by atoms with E-state index in [4.69, 9.17) is 5.73 Å². The van der Waals surface area contributed by atoms with E-state index in [9.17, 15) is 4.79 Å². The van der Waals surface area contributed by atoms with Gasteiger partial charge in [-0.2, -0.15) is 0 Å². The number of rotatable bonds is 4. The first-order valence-corrected chi connectivity index (χ1v) is 6.72. The van der Waals surface area contributed by atoms with E-state index in [1.54, 1.807) is 29.5 Å². The summed E-state index contributed by atoms with van der Waals surface area (Å²) in [4.78, 5) is 13.3. The van der Waals surface area contributed by atoms with Gasteiger partial charge < -0.3 is 11.1 Å². The summed E-state index contributed by atoms with van der Waals surface area (Å²) in [6, 6.07) is 9.49. The van der Waals surface area contributed by atoms with Crippen LogP contribution in [-0.2, 0) is 6.42 Å². The van der Waals surface area contributed by atoms with E-state index in [2.05, 4.69) is 11.4 Å². The molecular formula is C14H16N2OS. The van der Waals surface area contributed by atoms with Gasteiger partial charge in [0.15, 0.2) is 0 Å². The molecule has 3 N–H and O–H groups in total. The SMILES string of the molecule is Cc1c(N)cccc1C(=O)NCCc1cccs1. The maximum atomic E-state index is 12.0. The molecule has 94 valence electrons. The quantitative estimate of drug-likeness (QED) is 0.830. The molecule has 1 aromatic heterocycles. The fraction of sp³-hybridized carbons (Fsp3) is 0.214. The number of benzene rings is 1. The lowest BCUT2D eigenvalue weighted by Crippen LogP contribution is -2.26. The summed E-state index contributed by atoms with van der Waals surface area (Å²) in [6.07, 6.45) is 0.866. The van der Waals surface area contributed by atoms with Crippen molar-refractivity contribution in [1.82, 2.24) is 5.32 Å². The zero-order chi connectivity index (χ0) is 13.0. The second kappa shape index (κ2) is 5.69. The van der Waals surface area contributed by atoms with Crippen LogP contribution in [0.5, 0.6) is 0 Å². The lowest BCUT2D eigenvalue weighted by atomic mass is 10.1. The van der Waals surface area contributed by atoms with Gasteiger partial charge in [-0.05, 0) is 42.5 Å². The highest BCUT2D eigenvalue weighted by molar-refractivity contribution is 7.09. The maximum absolute atomic E-state index is 12.0. The molecule has 0 saturated carbocycles. The van der Waals surface area contributed by atoms with Crippen LogP contribution in [0.2, 0.25) is 0 Å². The molecule has 2 rings (SSSR count). The Morgan fingerprint density at radius 1 is 1.33 bits per heavy atom. The van der Waals surface area contributed by atoms with Crippen LogP contribution in [-0.4, -0.2) is 12.5 Å². The van der Waals surface area contributed by atoms with Crippen LogP contribution in [0.25, 0.3) is 0 Å². The summed E-state index contributed by atoms with van der Waals surface area (Å²) in [6.45, 7) is 2.51. The fourth-order valence-electron chi connectivity index (χ4n) is 1.75. The molecule has 2 aromatic rings. The molecular weight excluding hydrogens is 244 g/mol. The van der Waals surface area contributed by atoms with Gasteiger partial charge in [-0.3, -0.25) is 4.79 Å². The van der Waals surface area contributed by atoms with Crippen molar-refractivity contribution in [3.63, 3.8) is 0 Å². The second-order valence-electron chi connectivity index (χ2n) is 4.11. The highest BCUT2D eigenvalue weighted by atomic mass is 32.1. The first kappa shape index (κ1) is 12.6. The molecule has 3 nitrogen and oxygen atoms in total. The van der Waals surface area contributed by atoms with E-state index in [1.165, 1.54) is 4.88 Å². The third-order valence-corrected chi connectivity index (χ3v) is 3.79. The van der Waals surface area contributed by atoms with Crippen molar-refractivity contribution in [2.75, 3.05) is 12.3 Å². The largest absolute Gasteiger partial charge is 0.398 e. The number of anilines is 1. The number of carbonyl (C=O) groups excluding carboxylic acids is 1. The minimum Gasteiger partial charge on any atom is -0.398 e. The Morgan fingerprint density at radius 3 is 2.89 bits per heavy atom. The summed E-state index contributed by atoms with van der Waals surface area (Å²) < 4.78 is 0. The van der Waals surface area contributed by atoms with Gasteiger partial charge in [0, 0.05) is 22.7 Å². The van der Waals surface area contributed by atoms with Crippen molar-refractivity contribution >= 4 is 22.9 Å². The summed E-state index contributed by atoms with van der Waals surface area (Å²) in [5, 5.41) is 4.96. The predicted octanol–water partition coefficient (Wildman–Crippen LogP) is 2.61. The average molecular weight is 260 g/mol. The number of thiophene rings is 1. The van der Waals surface area contributed by atoms with Crippen LogP contribution in [0.15, 0.2) is 35.7 Å². The van der Waals surface area contributed by atoms with Crippen molar-refractivity contribution in [3.8, 4) is 0 Å². The van der Waals surface area contributed by atoms with Crippen LogP contribution in [0.4, 0.5) is 5.69 Å². The lowest BCUT2D eigenvalue weighted by molar-refractivity contribution is 0.0953. The van der Waals surface area contributed by atoms with Crippen LogP contribution < -0.4 is 11.1 Å². The highest BCUT2D eigenvalue weighted by Gasteiger charge is 2.09. The summed E-state index contributed by atoms with van der Waals surface area (Å²) in [5.74, 6) is -0.0589. The molecule has 1 heterocycles. The predicted molar refractivity (Wildman–Crippen MR) is 75.9 cm³/mol. The van der Waals surface area contributed by atoms with Crippen molar-refractivity contribution < 1.29 is 4.79 Å². The zero-order valence-corrected chi connectivity index (χ0v) is 11.1. The normalized spacial score (nSPS) is 10.3.